The van der Waals surface area contributed by atoms with Crippen LogP contribution in [0.5, 0.6) is 0 Å². The summed E-state index contributed by atoms with van der Waals surface area (Å²) in [5.41, 5.74) is 4.77. The van der Waals surface area contributed by atoms with Gasteiger partial charge in [-0.05, 0) is 48.1 Å². The summed E-state index contributed by atoms with van der Waals surface area (Å²) in [4.78, 5) is 4.58. The molecular weight excluding hydrogens is 332 g/mol. The van der Waals surface area contributed by atoms with Gasteiger partial charge in [0, 0.05) is 23.2 Å². The molecule has 1 aromatic carbocycles. The first-order valence-corrected chi connectivity index (χ1v) is 9.37. The predicted octanol–water partition coefficient (Wildman–Crippen LogP) is 5.84. The molecule has 0 aliphatic heterocycles. The van der Waals surface area contributed by atoms with Crippen molar-refractivity contribution in [3.63, 3.8) is 0 Å². The number of furan rings is 1. The highest BCUT2D eigenvalue weighted by Gasteiger charge is 2.32. The molecule has 3 aromatic rings. The average molecular weight is 354 g/mol. The van der Waals surface area contributed by atoms with Gasteiger partial charge in [-0.2, -0.15) is 5.26 Å². The summed E-state index contributed by atoms with van der Waals surface area (Å²) >= 11 is 0. The molecule has 3 heteroatoms. The lowest BCUT2D eigenvalue weighted by atomic mass is 9.73. The van der Waals surface area contributed by atoms with E-state index in [9.17, 15) is 5.26 Å². The number of pyridine rings is 1. The number of allylic oxidation sites excluding steroid dienone is 1. The lowest BCUT2D eigenvalue weighted by Gasteiger charge is -2.31. The van der Waals surface area contributed by atoms with Gasteiger partial charge >= 0.3 is 0 Å². The molecule has 0 saturated carbocycles. The van der Waals surface area contributed by atoms with E-state index in [0.717, 1.165) is 29.0 Å². The van der Waals surface area contributed by atoms with E-state index in [1.807, 2.05) is 42.6 Å². The molecule has 0 fully saturated rings. The highest BCUT2D eigenvalue weighted by Crippen LogP contribution is 2.41. The van der Waals surface area contributed by atoms with Gasteiger partial charge < -0.3 is 4.42 Å². The van der Waals surface area contributed by atoms with Crippen LogP contribution in [0.2, 0.25) is 0 Å². The SMILES string of the molecule is C[C@H]1[C@H](/C=C/c2ccc(-c3ccccc3C#N)cn2)c2occc2C[C@@H]1C. The number of fused-ring (bicyclic) bond motifs is 1. The molecule has 1 aliphatic rings. The fourth-order valence-electron chi connectivity index (χ4n) is 3.89. The zero-order valence-corrected chi connectivity index (χ0v) is 15.6. The van der Waals surface area contributed by atoms with Crippen molar-refractivity contribution in [2.75, 3.05) is 0 Å². The number of rotatable bonds is 3. The van der Waals surface area contributed by atoms with Crippen LogP contribution in [0.4, 0.5) is 0 Å². The van der Waals surface area contributed by atoms with Gasteiger partial charge in [0.1, 0.15) is 5.76 Å². The molecule has 4 rings (SSSR count). The predicted molar refractivity (Wildman–Crippen MR) is 107 cm³/mol. The van der Waals surface area contributed by atoms with Gasteiger partial charge in [-0.15, -0.1) is 0 Å². The summed E-state index contributed by atoms with van der Waals surface area (Å²) in [5, 5.41) is 9.28. The zero-order valence-electron chi connectivity index (χ0n) is 15.6. The van der Waals surface area contributed by atoms with Crippen LogP contribution in [0.1, 0.15) is 42.3 Å². The summed E-state index contributed by atoms with van der Waals surface area (Å²) in [6, 6.07) is 16.0. The molecule has 2 aromatic heterocycles. The van der Waals surface area contributed by atoms with Crippen molar-refractivity contribution in [2.45, 2.75) is 26.2 Å². The van der Waals surface area contributed by atoms with Crippen molar-refractivity contribution in [3.05, 3.63) is 83.6 Å². The Morgan fingerprint density at radius 3 is 2.78 bits per heavy atom. The lowest BCUT2D eigenvalue weighted by Crippen LogP contribution is -2.23. The van der Waals surface area contributed by atoms with Gasteiger partial charge in [0.25, 0.3) is 0 Å². The number of aromatic nitrogens is 1. The van der Waals surface area contributed by atoms with E-state index in [1.54, 1.807) is 6.26 Å². The molecule has 2 heterocycles. The Bertz CT molecular complexity index is 1010. The molecule has 0 unspecified atom stereocenters. The Morgan fingerprint density at radius 2 is 2.00 bits per heavy atom. The standard InChI is InChI=1S/C24H22N2O/c1-16-13-18-11-12-27-24(18)22(17(16)2)10-9-21-8-7-20(15-26-21)23-6-4-3-5-19(23)14-25/h3-12,15-17,22H,13H2,1-2H3/b10-9+/t16-,17+,22-/m0/s1. The monoisotopic (exact) mass is 354 g/mol. The van der Waals surface area contributed by atoms with Crippen molar-refractivity contribution in [2.24, 2.45) is 11.8 Å². The molecule has 1 aliphatic carbocycles. The maximum Gasteiger partial charge on any atom is 0.114 e. The first-order valence-electron chi connectivity index (χ1n) is 9.37. The van der Waals surface area contributed by atoms with E-state index < -0.39 is 0 Å². The van der Waals surface area contributed by atoms with E-state index in [4.69, 9.17) is 4.42 Å². The summed E-state index contributed by atoms with van der Waals surface area (Å²) in [6.07, 6.45) is 9.01. The van der Waals surface area contributed by atoms with Gasteiger partial charge in [-0.25, -0.2) is 0 Å². The van der Waals surface area contributed by atoms with Crippen LogP contribution in [0.25, 0.3) is 17.2 Å². The third-order valence-electron chi connectivity index (χ3n) is 5.71. The molecule has 0 radical (unpaired) electrons. The molecular formula is C24H22N2O. The molecule has 0 bridgehead atoms. The van der Waals surface area contributed by atoms with Crippen LogP contribution in [-0.2, 0) is 6.42 Å². The molecule has 0 saturated heterocycles. The maximum atomic E-state index is 9.28. The van der Waals surface area contributed by atoms with Crippen LogP contribution in [0.15, 0.2) is 65.4 Å². The molecule has 134 valence electrons. The lowest BCUT2D eigenvalue weighted by molar-refractivity contribution is 0.295. The Kier molecular flexibility index (Phi) is 4.64. The number of nitrogens with zero attached hydrogens (tertiary/aromatic N) is 2. The minimum absolute atomic E-state index is 0.277. The fourth-order valence-corrected chi connectivity index (χ4v) is 3.89. The average Bonchev–Trinajstić information content (AvgIpc) is 3.16. The first kappa shape index (κ1) is 17.3. The van der Waals surface area contributed by atoms with Crippen molar-refractivity contribution in [3.8, 4) is 17.2 Å². The van der Waals surface area contributed by atoms with Crippen molar-refractivity contribution in [1.29, 1.82) is 5.26 Å². The van der Waals surface area contributed by atoms with E-state index >= 15 is 0 Å². The van der Waals surface area contributed by atoms with Crippen LogP contribution in [0.3, 0.4) is 0 Å². The molecule has 0 amide bonds. The van der Waals surface area contributed by atoms with Gasteiger partial charge in [0.2, 0.25) is 0 Å². The normalized spacial score (nSPS) is 21.7. The summed E-state index contributed by atoms with van der Waals surface area (Å²) in [5.74, 6) is 2.53. The van der Waals surface area contributed by atoms with Gasteiger partial charge in [0.15, 0.2) is 0 Å². The highest BCUT2D eigenvalue weighted by atomic mass is 16.3. The largest absolute Gasteiger partial charge is 0.468 e. The minimum atomic E-state index is 0.277. The number of hydrogen-bond donors (Lipinski definition) is 0. The Labute approximate surface area is 160 Å². The maximum absolute atomic E-state index is 9.28. The molecule has 3 nitrogen and oxygen atoms in total. The topological polar surface area (TPSA) is 49.8 Å². The van der Waals surface area contributed by atoms with Gasteiger partial charge in [-0.1, -0.05) is 44.2 Å². The summed E-state index contributed by atoms with van der Waals surface area (Å²) < 4.78 is 5.78. The van der Waals surface area contributed by atoms with E-state index in [1.165, 1.54) is 5.56 Å². The number of hydrogen-bond acceptors (Lipinski definition) is 3. The van der Waals surface area contributed by atoms with Crippen molar-refractivity contribution >= 4 is 6.08 Å². The second-order valence-electron chi connectivity index (χ2n) is 7.36. The minimum Gasteiger partial charge on any atom is -0.468 e. The Hall–Kier alpha value is -3.12. The number of benzene rings is 1. The molecule has 0 spiro atoms. The van der Waals surface area contributed by atoms with Crippen LogP contribution >= 0.6 is 0 Å². The molecule has 3 atom stereocenters. The Morgan fingerprint density at radius 1 is 1.15 bits per heavy atom. The number of nitriles is 1. The van der Waals surface area contributed by atoms with Crippen molar-refractivity contribution in [1.82, 2.24) is 4.98 Å². The highest BCUT2D eigenvalue weighted by molar-refractivity contribution is 5.70. The van der Waals surface area contributed by atoms with Gasteiger partial charge in [0.05, 0.1) is 23.6 Å². The second kappa shape index (κ2) is 7.25. The second-order valence-corrected chi connectivity index (χ2v) is 7.36. The molecule has 0 N–H and O–H groups in total. The third-order valence-corrected chi connectivity index (χ3v) is 5.71. The quantitative estimate of drug-likeness (QED) is 0.594. The fraction of sp³-hybridized carbons (Fsp3) is 0.250. The summed E-state index contributed by atoms with van der Waals surface area (Å²) in [7, 11) is 0. The van der Waals surface area contributed by atoms with Crippen LogP contribution < -0.4 is 0 Å². The third kappa shape index (κ3) is 3.31. The van der Waals surface area contributed by atoms with Crippen LogP contribution in [-0.4, -0.2) is 4.98 Å². The smallest absolute Gasteiger partial charge is 0.114 e. The van der Waals surface area contributed by atoms with E-state index in [2.05, 4.69) is 43.1 Å². The molecule has 27 heavy (non-hydrogen) atoms. The van der Waals surface area contributed by atoms with Gasteiger partial charge in [-0.3, -0.25) is 4.98 Å². The van der Waals surface area contributed by atoms with E-state index in [0.29, 0.717) is 17.4 Å². The van der Waals surface area contributed by atoms with E-state index in [-0.39, 0.29) is 5.92 Å². The zero-order chi connectivity index (χ0) is 18.8. The first-order chi connectivity index (χ1) is 13.2. The Balaban J connectivity index is 1.58. The summed E-state index contributed by atoms with van der Waals surface area (Å²) in [6.45, 7) is 4.60. The van der Waals surface area contributed by atoms with Crippen molar-refractivity contribution < 1.29 is 4.42 Å². The van der Waals surface area contributed by atoms with Crippen LogP contribution in [0, 0.1) is 23.2 Å².